The average molecular weight is 232 g/mol. The minimum atomic E-state index is 0.385. The summed E-state index contributed by atoms with van der Waals surface area (Å²) in [5.41, 5.74) is 0. The summed E-state index contributed by atoms with van der Waals surface area (Å²) in [5, 5.41) is 3.28. The zero-order valence-electron chi connectivity index (χ0n) is 11.5. The van der Waals surface area contributed by atoms with Gasteiger partial charge in [-0.25, -0.2) is 0 Å². The topological polar surface area (TPSA) is 33.7 Å². The van der Waals surface area contributed by atoms with Crippen molar-refractivity contribution in [2.45, 2.75) is 32.4 Å². The van der Waals surface area contributed by atoms with Crippen LogP contribution in [0.25, 0.3) is 0 Å². The van der Waals surface area contributed by atoms with Crippen molar-refractivity contribution in [1.29, 1.82) is 0 Å². The van der Waals surface area contributed by atoms with Crippen LogP contribution < -0.4 is 5.32 Å². The molecule has 0 aliphatic rings. The van der Waals surface area contributed by atoms with E-state index in [1.165, 1.54) is 0 Å². The standard InChI is InChI=1S/C12H28N2O2/c1-6-11(2)14(7-8-15-4)9-12(13-3)10-16-5/h11-13H,6-10H2,1-5H3. The maximum Gasteiger partial charge on any atom is 0.0628 e. The molecule has 0 amide bonds. The Morgan fingerprint density at radius 3 is 2.38 bits per heavy atom. The van der Waals surface area contributed by atoms with Gasteiger partial charge in [-0.05, 0) is 20.4 Å². The van der Waals surface area contributed by atoms with Gasteiger partial charge >= 0.3 is 0 Å². The highest BCUT2D eigenvalue weighted by Gasteiger charge is 2.16. The molecule has 16 heavy (non-hydrogen) atoms. The number of hydrogen-bond donors (Lipinski definition) is 1. The van der Waals surface area contributed by atoms with Gasteiger partial charge < -0.3 is 14.8 Å². The van der Waals surface area contributed by atoms with Gasteiger partial charge in [0.05, 0.1) is 13.2 Å². The Morgan fingerprint density at radius 2 is 1.94 bits per heavy atom. The molecule has 4 heteroatoms. The molecule has 0 aliphatic heterocycles. The normalized spacial score (nSPS) is 15.4. The predicted octanol–water partition coefficient (Wildman–Crippen LogP) is 0.968. The van der Waals surface area contributed by atoms with E-state index in [0.29, 0.717) is 12.1 Å². The fraction of sp³-hybridized carbons (Fsp3) is 1.00. The molecule has 0 rings (SSSR count). The third kappa shape index (κ3) is 6.43. The fourth-order valence-corrected chi connectivity index (χ4v) is 1.67. The summed E-state index contributed by atoms with van der Waals surface area (Å²) in [6.45, 7) is 7.99. The summed E-state index contributed by atoms with van der Waals surface area (Å²) < 4.78 is 10.3. The second kappa shape index (κ2) is 10.0. The molecule has 0 saturated carbocycles. The molecule has 0 saturated heterocycles. The molecule has 0 radical (unpaired) electrons. The maximum absolute atomic E-state index is 5.19. The van der Waals surface area contributed by atoms with Crippen molar-refractivity contribution in [3.05, 3.63) is 0 Å². The third-order valence-corrected chi connectivity index (χ3v) is 3.03. The van der Waals surface area contributed by atoms with Gasteiger partial charge in [0.2, 0.25) is 0 Å². The number of nitrogens with zero attached hydrogens (tertiary/aromatic N) is 1. The third-order valence-electron chi connectivity index (χ3n) is 3.03. The highest BCUT2D eigenvalue weighted by Crippen LogP contribution is 2.04. The van der Waals surface area contributed by atoms with Gasteiger partial charge in [0.15, 0.2) is 0 Å². The Balaban J connectivity index is 4.15. The lowest BCUT2D eigenvalue weighted by Gasteiger charge is -2.31. The van der Waals surface area contributed by atoms with Gasteiger partial charge in [-0.3, -0.25) is 4.90 Å². The Morgan fingerprint density at radius 1 is 1.25 bits per heavy atom. The molecular formula is C12H28N2O2. The summed E-state index contributed by atoms with van der Waals surface area (Å²) in [7, 11) is 5.47. The van der Waals surface area contributed by atoms with E-state index in [1.54, 1.807) is 14.2 Å². The highest BCUT2D eigenvalue weighted by molar-refractivity contribution is 4.74. The van der Waals surface area contributed by atoms with E-state index in [2.05, 4.69) is 24.1 Å². The van der Waals surface area contributed by atoms with Crippen molar-refractivity contribution in [2.24, 2.45) is 0 Å². The van der Waals surface area contributed by atoms with Crippen LogP contribution in [0.2, 0.25) is 0 Å². The molecule has 0 aromatic carbocycles. The number of rotatable bonds is 10. The van der Waals surface area contributed by atoms with E-state index >= 15 is 0 Å². The molecule has 0 fully saturated rings. The number of methoxy groups -OCH3 is 2. The van der Waals surface area contributed by atoms with Gasteiger partial charge in [-0.1, -0.05) is 6.92 Å². The van der Waals surface area contributed by atoms with Gasteiger partial charge in [0.25, 0.3) is 0 Å². The first kappa shape index (κ1) is 15.8. The van der Waals surface area contributed by atoms with E-state index in [1.807, 2.05) is 7.05 Å². The number of ether oxygens (including phenoxy) is 2. The lowest BCUT2D eigenvalue weighted by molar-refractivity contribution is 0.0941. The van der Waals surface area contributed by atoms with Gasteiger partial charge in [0.1, 0.15) is 0 Å². The van der Waals surface area contributed by atoms with Crippen LogP contribution in [0, 0.1) is 0 Å². The van der Waals surface area contributed by atoms with Crippen molar-refractivity contribution in [2.75, 3.05) is 47.6 Å². The monoisotopic (exact) mass is 232 g/mol. The highest BCUT2D eigenvalue weighted by atomic mass is 16.5. The molecule has 4 nitrogen and oxygen atoms in total. The van der Waals surface area contributed by atoms with E-state index in [9.17, 15) is 0 Å². The molecule has 0 aromatic heterocycles. The van der Waals surface area contributed by atoms with Crippen LogP contribution in [0.5, 0.6) is 0 Å². The van der Waals surface area contributed by atoms with E-state index in [-0.39, 0.29) is 0 Å². The van der Waals surface area contributed by atoms with E-state index in [4.69, 9.17) is 9.47 Å². The first-order chi connectivity index (χ1) is 7.69. The second-order valence-corrected chi connectivity index (χ2v) is 4.19. The zero-order valence-corrected chi connectivity index (χ0v) is 11.5. The van der Waals surface area contributed by atoms with Crippen LogP contribution in [0.3, 0.4) is 0 Å². The Hall–Kier alpha value is -0.160. The summed E-state index contributed by atoms with van der Waals surface area (Å²) in [6, 6.07) is 0.971. The van der Waals surface area contributed by atoms with Crippen LogP contribution in [-0.2, 0) is 9.47 Å². The number of likely N-dealkylation sites (N-methyl/N-ethyl adjacent to an activating group) is 1. The molecule has 0 bridgehead atoms. The smallest absolute Gasteiger partial charge is 0.0628 e. The van der Waals surface area contributed by atoms with E-state index < -0.39 is 0 Å². The average Bonchev–Trinajstić information content (AvgIpc) is 2.32. The van der Waals surface area contributed by atoms with Crippen LogP contribution in [0.4, 0.5) is 0 Å². The molecular weight excluding hydrogens is 204 g/mol. The molecule has 1 N–H and O–H groups in total. The lowest BCUT2D eigenvalue weighted by atomic mass is 10.2. The number of hydrogen-bond acceptors (Lipinski definition) is 4. The predicted molar refractivity (Wildman–Crippen MR) is 67.9 cm³/mol. The minimum absolute atomic E-state index is 0.385. The molecule has 2 atom stereocenters. The molecule has 2 unspecified atom stereocenters. The van der Waals surface area contributed by atoms with Crippen molar-refractivity contribution in [3.63, 3.8) is 0 Å². The minimum Gasteiger partial charge on any atom is -0.383 e. The first-order valence-electron chi connectivity index (χ1n) is 6.08. The summed E-state index contributed by atoms with van der Waals surface area (Å²) in [6.07, 6.45) is 1.16. The Kier molecular flexibility index (Phi) is 9.92. The molecule has 0 aromatic rings. The van der Waals surface area contributed by atoms with Gasteiger partial charge in [-0.2, -0.15) is 0 Å². The van der Waals surface area contributed by atoms with Gasteiger partial charge in [-0.15, -0.1) is 0 Å². The fourth-order valence-electron chi connectivity index (χ4n) is 1.67. The van der Waals surface area contributed by atoms with Crippen LogP contribution in [0.1, 0.15) is 20.3 Å². The SMILES string of the molecule is CCC(C)N(CCOC)CC(COC)NC. The van der Waals surface area contributed by atoms with Crippen molar-refractivity contribution in [1.82, 2.24) is 10.2 Å². The van der Waals surface area contributed by atoms with Crippen LogP contribution in [-0.4, -0.2) is 64.6 Å². The molecule has 0 aliphatic carbocycles. The zero-order chi connectivity index (χ0) is 12.4. The van der Waals surface area contributed by atoms with Crippen molar-refractivity contribution >= 4 is 0 Å². The molecule has 98 valence electrons. The second-order valence-electron chi connectivity index (χ2n) is 4.19. The lowest BCUT2D eigenvalue weighted by Crippen LogP contribution is -2.46. The Labute approximate surface area is 100 Å². The summed E-state index contributed by atoms with van der Waals surface area (Å²) in [5.74, 6) is 0. The van der Waals surface area contributed by atoms with Crippen molar-refractivity contribution in [3.8, 4) is 0 Å². The summed E-state index contributed by atoms with van der Waals surface area (Å²) in [4.78, 5) is 2.45. The first-order valence-corrected chi connectivity index (χ1v) is 6.08. The van der Waals surface area contributed by atoms with Crippen LogP contribution >= 0.6 is 0 Å². The van der Waals surface area contributed by atoms with Gasteiger partial charge in [0, 0.05) is 39.4 Å². The van der Waals surface area contributed by atoms with E-state index in [0.717, 1.165) is 32.7 Å². The Bertz CT molecular complexity index is 156. The summed E-state index contributed by atoms with van der Waals surface area (Å²) >= 11 is 0. The number of nitrogens with one attached hydrogen (secondary N) is 1. The molecule has 0 spiro atoms. The van der Waals surface area contributed by atoms with Crippen LogP contribution in [0.15, 0.2) is 0 Å². The quantitative estimate of drug-likeness (QED) is 0.608. The maximum atomic E-state index is 5.19. The molecule has 0 heterocycles. The van der Waals surface area contributed by atoms with Crippen molar-refractivity contribution < 1.29 is 9.47 Å². The largest absolute Gasteiger partial charge is 0.383 e.